The van der Waals surface area contributed by atoms with Crippen molar-refractivity contribution in [3.05, 3.63) is 27.7 Å². The largest absolute Gasteiger partial charge is 0.493 e. The van der Waals surface area contributed by atoms with Crippen molar-refractivity contribution in [1.29, 1.82) is 0 Å². The first kappa shape index (κ1) is 13.2. The van der Waals surface area contributed by atoms with Crippen molar-refractivity contribution in [3.8, 4) is 5.75 Å². The van der Waals surface area contributed by atoms with Crippen LogP contribution in [0.1, 0.15) is 11.1 Å². The summed E-state index contributed by atoms with van der Waals surface area (Å²) in [4.78, 5) is 1.97. The highest BCUT2D eigenvalue weighted by Gasteiger charge is 2.18. The van der Waals surface area contributed by atoms with E-state index < -0.39 is 0 Å². The number of halogens is 1. The maximum absolute atomic E-state index is 8.55. The molecule has 2 rings (SSSR count). The highest BCUT2D eigenvalue weighted by molar-refractivity contribution is 9.10. The minimum absolute atomic E-state index is 0.199. The fourth-order valence-corrected chi connectivity index (χ4v) is 2.67. The van der Waals surface area contributed by atoms with Crippen molar-refractivity contribution in [2.45, 2.75) is 13.0 Å². The van der Waals surface area contributed by atoms with Gasteiger partial charge in [0.05, 0.1) is 13.2 Å². The van der Waals surface area contributed by atoms with Crippen molar-refractivity contribution in [2.24, 2.45) is 10.9 Å². The molecule has 5 nitrogen and oxygen atoms in total. The Labute approximate surface area is 114 Å². The number of benzene rings is 1. The molecule has 1 aromatic carbocycles. The van der Waals surface area contributed by atoms with Crippen LogP contribution in [0.3, 0.4) is 0 Å². The predicted octanol–water partition coefficient (Wildman–Crippen LogP) is 1.56. The Morgan fingerprint density at radius 3 is 3.11 bits per heavy atom. The lowest BCUT2D eigenvalue weighted by atomic mass is 10.1. The lowest BCUT2D eigenvalue weighted by Gasteiger charge is -2.17. The first-order chi connectivity index (χ1) is 8.60. The number of likely N-dealkylation sites (N-methyl/N-ethyl adjacent to an activating group) is 1. The van der Waals surface area contributed by atoms with Gasteiger partial charge in [-0.3, -0.25) is 4.90 Å². The van der Waals surface area contributed by atoms with E-state index in [0.29, 0.717) is 13.1 Å². The summed E-state index contributed by atoms with van der Waals surface area (Å²) < 4.78 is 6.71. The van der Waals surface area contributed by atoms with Gasteiger partial charge in [-0.1, -0.05) is 21.1 Å². The molecule has 1 aliphatic heterocycles. The van der Waals surface area contributed by atoms with E-state index in [1.165, 1.54) is 5.56 Å². The Bertz CT molecular complexity index is 477. The van der Waals surface area contributed by atoms with Gasteiger partial charge in [-0.2, -0.15) is 0 Å². The highest BCUT2D eigenvalue weighted by atomic mass is 79.9. The summed E-state index contributed by atoms with van der Waals surface area (Å²) in [6.07, 6.45) is 0.950. The molecular weight excluding hydrogens is 298 g/mol. The summed E-state index contributed by atoms with van der Waals surface area (Å²) in [7, 11) is 1.92. The first-order valence-corrected chi connectivity index (χ1v) is 6.48. The zero-order valence-electron chi connectivity index (χ0n) is 10.2. The molecule has 0 bridgehead atoms. The third-order valence-corrected chi connectivity index (χ3v) is 3.28. The van der Waals surface area contributed by atoms with E-state index >= 15 is 0 Å². The van der Waals surface area contributed by atoms with Crippen LogP contribution >= 0.6 is 15.9 Å². The van der Waals surface area contributed by atoms with Crippen LogP contribution < -0.4 is 10.5 Å². The predicted molar refractivity (Wildman–Crippen MR) is 73.1 cm³/mol. The monoisotopic (exact) mass is 313 g/mol. The topological polar surface area (TPSA) is 71.1 Å². The summed E-state index contributed by atoms with van der Waals surface area (Å²) in [5.74, 6) is 1.18. The highest BCUT2D eigenvalue weighted by Crippen LogP contribution is 2.33. The van der Waals surface area contributed by atoms with Crippen LogP contribution in [0.2, 0.25) is 0 Å². The van der Waals surface area contributed by atoms with Crippen LogP contribution in [0.15, 0.2) is 21.8 Å². The van der Waals surface area contributed by atoms with Crippen molar-refractivity contribution in [3.63, 3.8) is 0 Å². The summed E-state index contributed by atoms with van der Waals surface area (Å²) >= 11 is 3.51. The second kappa shape index (κ2) is 5.58. The summed E-state index contributed by atoms with van der Waals surface area (Å²) in [5, 5.41) is 11.5. The van der Waals surface area contributed by atoms with Crippen LogP contribution in [-0.4, -0.2) is 36.1 Å². The van der Waals surface area contributed by atoms with Crippen molar-refractivity contribution >= 4 is 21.8 Å². The molecule has 0 fully saturated rings. The van der Waals surface area contributed by atoms with Crippen LogP contribution in [-0.2, 0) is 13.0 Å². The minimum atomic E-state index is 0.199. The smallest absolute Gasteiger partial charge is 0.153 e. The molecule has 1 aliphatic rings. The van der Waals surface area contributed by atoms with Gasteiger partial charge in [-0.05, 0) is 24.7 Å². The Morgan fingerprint density at radius 2 is 2.39 bits per heavy atom. The molecule has 0 aliphatic carbocycles. The lowest BCUT2D eigenvalue weighted by molar-refractivity contribution is 0.305. The molecule has 0 saturated heterocycles. The second-order valence-electron chi connectivity index (χ2n) is 4.42. The van der Waals surface area contributed by atoms with E-state index in [9.17, 15) is 0 Å². The molecule has 1 aromatic rings. The number of nitrogens with two attached hydrogens (primary N) is 1. The van der Waals surface area contributed by atoms with Gasteiger partial charge < -0.3 is 15.7 Å². The Morgan fingerprint density at radius 1 is 1.61 bits per heavy atom. The molecule has 0 spiro atoms. The molecule has 18 heavy (non-hydrogen) atoms. The molecular formula is C12H16BrN3O2. The third-order valence-electron chi connectivity index (χ3n) is 2.83. The molecule has 6 heteroatoms. The Kier molecular flexibility index (Phi) is 4.08. The number of ether oxygens (including phenoxy) is 1. The van der Waals surface area contributed by atoms with Crippen molar-refractivity contribution < 1.29 is 9.94 Å². The number of oxime groups is 1. The quantitative estimate of drug-likeness (QED) is 0.383. The number of hydrogen-bond acceptors (Lipinski definition) is 4. The molecule has 98 valence electrons. The zero-order chi connectivity index (χ0) is 13.1. The van der Waals surface area contributed by atoms with E-state index in [1.807, 2.05) is 18.0 Å². The van der Waals surface area contributed by atoms with Crippen molar-refractivity contribution in [2.75, 3.05) is 20.2 Å². The van der Waals surface area contributed by atoms with Crippen LogP contribution in [0.4, 0.5) is 0 Å². The van der Waals surface area contributed by atoms with Gasteiger partial charge in [0, 0.05) is 23.0 Å². The van der Waals surface area contributed by atoms with Gasteiger partial charge in [0.1, 0.15) is 5.75 Å². The van der Waals surface area contributed by atoms with Crippen molar-refractivity contribution in [1.82, 2.24) is 4.90 Å². The molecule has 3 N–H and O–H groups in total. The normalized spacial score (nSPS) is 14.7. The third kappa shape index (κ3) is 2.94. The van der Waals surface area contributed by atoms with Gasteiger partial charge in [-0.25, -0.2) is 0 Å². The maximum atomic E-state index is 8.55. The maximum Gasteiger partial charge on any atom is 0.153 e. The van der Waals surface area contributed by atoms with E-state index in [1.54, 1.807) is 0 Å². The minimum Gasteiger partial charge on any atom is -0.493 e. The number of nitrogens with zero attached hydrogens (tertiary/aromatic N) is 2. The van der Waals surface area contributed by atoms with Gasteiger partial charge in [0.25, 0.3) is 0 Å². The summed E-state index contributed by atoms with van der Waals surface area (Å²) in [5.41, 5.74) is 7.84. The summed E-state index contributed by atoms with van der Waals surface area (Å²) in [6.45, 7) is 1.85. The Balaban J connectivity index is 2.14. The first-order valence-electron chi connectivity index (χ1n) is 5.69. The molecule has 0 radical (unpaired) electrons. The molecule has 0 atom stereocenters. The lowest BCUT2D eigenvalue weighted by Crippen LogP contribution is -2.30. The average molecular weight is 314 g/mol. The van der Waals surface area contributed by atoms with Gasteiger partial charge in [0.2, 0.25) is 0 Å². The van der Waals surface area contributed by atoms with E-state index in [4.69, 9.17) is 15.7 Å². The van der Waals surface area contributed by atoms with Gasteiger partial charge in [-0.15, -0.1) is 0 Å². The van der Waals surface area contributed by atoms with E-state index in [0.717, 1.165) is 28.8 Å². The number of hydrogen-bond donors (Lipinski definition) is 2. The van der Waals surface area contributed by atoms with Gasteiger partial charge >= 0.3 is 0 Å². The zero-order valence-corrected chi connectivity index (χ0v) is 11.8. The Hall–Kier alpha value is -1.27. The molecule has 1 heterocycles. The molecule has 0 unspecified atom stereocenters. The fraction of sp³-hybridized carbons (Fsp3) is 0.417. The number of fused-ring (bicyclic) bond motifs is 1. The van der Waals surface area contributed by atoms with Crippen LogP contribution in [0.5, 0.6) is 5.75 Å². The number of rotatable bonds is 4. The molecule has 0 aromatic heterocycles. The van der Waals surface area contributed by atoms with E-state index in [2.05, 4.69) is 27.2 Å². The molecule has 0 saturated carbocycles. The van der Waals surface area contributed by atoms with Crippen LogP contribution in [0.25, 0.3) is 0 Å². The van der Waals surface area contributed by atoms with E-state index in [-0.39, 0.29) is 5.84 Å². The SMILES string of the molecule is CN(C/C(N)=N/O)Cc1cc(Br)cc2c1OCC2. The average Bonchev–Trinajstić information content (AvgIpc) is 2.76. The fourth-order valence-electron chi connectivity index (χ4n) is 2.12. The van der Waals surface area contributed by atoms with Crippen LogP contribution in [0, 0.1) is 0 Å². The molecule has 0 amide bonds. The standard InChI is InChI=1S/C12H16BrN3O2/c1-16(7-11(14)15-17)6-9-5-10(13)4-8-2-3-18-12(8)9/h4-5,17H,2-3,6-7H2,1H3,(H2,14,15). The number of amidine groups is 1. The van der Waals surface area contributed by atoms with Gasteiger partial charge in [0.15, 0.2) is 5.84 Å². The second-order valence-corrected chi connectivity index (χ2v) is 5.33. The summed E-state index contributed by atoms with van der Waals surface area (Å²) in [6, 6.07) is 4.14.